The minimum atomic E-state index is -0.174. The monoisotopic (exact) mass is 309 g/mol. The first kappa shape index (κ1) is 15.1. The van der Waals surface area contributed by atoms with Gasteiger partial charge in [0.2, 0.25) is 5.91 Å². The fraction of sp³-hybridized carbons (Fsp3) is 0.222. The molecule has 2 aromatic carbocycles. The van der Waals surface area contributed by atoms with Crippen LogP contribution in [0.15, 0.2) is 48.5 Å². The third-order valence-corrected chi connectivity index (χ3v) is 3.79. The van der Waals surface area contributed by atoms with Gasteiger partial charge in [-0.1, -0.05) is 42.5 Å². The number of nitrogens with one attached hydrogen (secondary N) is 3. The number of carbonyl (C=O) groups is 2. The van der Waals surface area contributed by atoms with Crippen LogP contribution in [-0.4, -0.2) is 18.5 Å². The Morgan fingerprint density at radius 2 is 1.87 bits per heavy atom. The molecule has 0 aliphatic carbocycles. The van der Waals surface area contributed by atoms with Crippen LogP contribution in [0.5, 0.6) is 0 Å². The molecule has 0 bridgehead atoms. The van der Waals surface area contributed by atoms with Crippen molar-refractivity contribution in [2.75, 3.05) is 11.9 Å². The van der Waals surface area contributed by atoms with E-state index in [0.717, 1.165) is 28.8 Å². The average molecular weight is 309 g/mol. The van der Waals surface area contributed by atoms with E-state index in [1.807, 2.05) is 48.5 Å². The van der Waals surface area contributed by atoms with Gasteiger partial charge in [-0.15, -0.1) is 0 Å². The van der Waals surface area contributed by atoms with Crippen LogP contribution in [0.25, 0.3) is 0 Å². The lowest BCUT2D eigenvalue weighted by Crippen LogP contribution is -2.36. The Hall–Kier alpha value is -2.82. The molecule has 2 aromatic rings. The Balaban J connectivity index is 1.42. The highest BCUT2D eigenvalue weighted by atomic mass is 16.2. The summed E-state index contributed by atoms with van der Waals surface area (Å²) in [5.74, 6) is 0.0376. The van der Waals surface area contributed by atoms with E-state index in [4.69, 9.17) is 0 Å². The zero-order chi connectivity index (χ0) is 16.1. The summed E-state index contributed by atoms with van der Waals surface area (Å²) in [6.45, 7) is 1.07. The summed E-state index contributed by atoms with van der Waals surface area (Å²) in [5, 5.41) is 8.49. The molecule has 1 aliphatic rings. The molecule has 3 amide bonds. The lowest BCUT2D eigenvalue weighted by atomic mass is 10.1. The lowest BCUT2D eigenvalue weighted by molar-refractivity contribution is -0.115. The molecule has 23 heavy (non-hydrogen) atoms. The van der Waals surface area contributed by atoms with Crippen LogP contribution < -0.4 is 16.0 Å². The van der Waals surface area contributed by atoms with Gasteiger partial charge < -0.3 is 16.0 Å². The van der Waals surface area contributed by atoms with Crippen molar-refractivity contribution < 1.29 is 9.59 Å². The van der Waals surface area contributed by atoms with Crippen LogP contribution in [-0.2, 0) is 24.2 Å². The molecule has 3 rings (SSSR count). The number of amides is 3. The van der Waals surface area contributed by atoms with Gasteiger partial charge in [0.05, 0.1) is 6.42 Å². The van der Waals surface area contributed by atoms with E-state index in [1.54, 1.807) is 0 Å². The third kappa shape index (κ3) is 4.10. The number of rotatable bonds is 5. The minimum absolute atomic E-state index is 0.0376. The van der Waals surface area contributed by atoms with E-state index in [0.29, 0.717) is 19.5 Å². The smallest absolute Gasteiger partial charge is 0.315 e. The summed E-state index contributed by atoms with van der Waals surface area (Å²) in [6, 6.07) is 15.5. The number of anilines is 1. The zero-order valence-corrected chi connectivity index (χ0v) is 12.8. The van der Waals surface area contributed by atoms with Gasteiger partial charge in [0, 0.05) is 18.8 Å². The third-order valence-electron chi connectivity index (χ3n) is 3.79. The quantitative estimate of drug-likeness (QED) is 0.792. The SMILES string of the molecule is O=C1Cc2cc(CCNC(=O)NCc3ccccc3)ccc2N1. The Bertz CT molecular complexity index is 713. The number of urea groups is 1. The van der Waals surface area contributed by atoms with Gasteiger partial charge in [-0.3, -0.25) is 4.79 Å². The number of hydrogen-bond acceptors (Lipinski definition) is 2. The van der Waals surface area contributed by atoms with Crippen LogP contribution in [0.2, 0.25) is 0 Å². The van der Waals surface area contributed by atoms with Gasteiger partial charge >= 0.3 is 6.03 Å². The summed E-state index contributed by atoms with van der Waals surface area (Å²) < 4.78 is 0. The molecule has 0 radical (unpaired) electrons. The molecular weight excluding hydrogens is 290 g/mol. The van der Waals surface area contributed by atoms with E-state index >= 15 is 0 Å². The molecule has 0 saturated carbocycles. The van der Waals surface area contributed by atoms with Gasteiger partial charge in [0.15, 0.2) is 0 Å². The molecule has 0 fully saturated rings. The number of benzene rings is 2. The summed E-state index contributed by atoms with van der Waals surface area (Å²) in [6.07, 6.45) is 1.17. The van der Waals surface area contributed by atoms with Crippen LogP contribution in [0.4, 0.5) is 10.5 Å². The molecule has 5 nitrogen and oxygen atoms in total. The van der Waals surface area contributed by atoms with Gasteiger partial charge in [-0.2, -0.15) is 0 Å². The first-order valence-electron chi connectivity index (χ1n) is 7.68. The standard InChI is InChI=1S/C18H19N3O2/c22-17-11-15-10-13(6-7-16(15)21-17)8-9-19-18(23)20-12-14-4-2-1-3-5-14/h1-7,10H,8-9,11-12H2,(H,21,22)(H2,19,20,23). The van der Waals surface area contributed by atoms with Crippen molar-refractivity contribution >= 4 is 17.6 Å². The molecule has 0 atom stereocenters. The van der Waals surface area contributed by atoms with Crippen LogP contribution in [0, 0.1) is 0 Å². The van der Waals surface area contributed by atoms with Crippen molar-refractivity contribution in [3.05, 3.63) is 65.2 Å². The molecule has 1 aliphatic heterocycles. The largest absolute Gasteiger partial charge is 0.338 e. The Kier molecular flexibility index (Phi) is 4.57. The van der Waals surface area contributed by atoms with Crippen molar-refractivity contribution in [3.8, 4) is 0 Å². The van der Waals surface area contributed by atoms with Crippen LogP contribution in [0.1, 0.15) is 16.7 Å². The summed E-state index contributed by atoms with van der Waals surface area (Å²) >= 11 is 0. The fourth-order valence-corrected chi connectivity index (χ4v) is 2.60. The molecular formula is C18H19N3O2. The number of carbonyl (C=O) groups excluding carboxylic acids is 2. The van der Waals surface area contributed by atoms with Crippen LogP contribution >= 0.6 is 0 Å². The second-order valence-corrected chi connectivity index (χ2v) is 5.56. The van der Waals surface area contributed by atoms with E-state index in [-0.39, 0.29) is 11.9 Å². The second-order valence-electron chi connectivity index (χ2n) is 5.56. The molecule has 1 heterocycles. The highest BCUT2D eigenvalue weighted by Gasteiger charge is 2.17. The van der Waals surface area contributed by atoms with E-state index < -0.39 is 0 Å². The fourth-order valence-electron chi connectivity index (χ4n) is 2.60. The molecule has 3 N–H and O–H groups in total. The molecule has 5 heteroatoms. The maximum absolute atomic E-state index is 11.8. The molecule has 118 valence electrons. The Labute approximate surface area is 135 Å². The van der Waals surface area contributed by atoms with Crippen molar-refractivity contribution in [1.82, 2.24) is 10.6 Å². The lowest BCUT2D eigenvalue weighted by Gasteiger charge is -2.08. The first-order chi connectivity index (χ1) is 11.2. The first-order valence-corrected chi connectivity index (χ1v) is 7.68. The van der Waals surface area contributed by atoms with Gasteiger partial charge in [0.1, 0.15) is 0 Å². The van der Waals surface area contributed by atoms with E-state index in [2.05, 4.69) is 16.0 Å². The predicted octanol–water partition coefficient (Wildman–Crippen LogP) is 2.22. The zero-order valence-electron chi connectivity index (χ0n) is 12.8. The summed E-state index contributed by atoms with van der Waals surface area (Å²) in [5.41, 5.74) is 4.11. The summed E-state index contributed by atoms with van der Waals surface area (Å²) in [7, 11) is 0. The van der Waals surface area contributed by atoms with E-state index in [1.165, 1.54) is 0 Å². The minimum Gasteiger partial charge on any atom is -0.338 e. The second kappa shape index (κ2) is 6.96. The summed E-state index contributed by atoms with van der Waals surface area (Å²) in [4.78, 5) is 23.1. The molecule has 0 unspecified atom stereocenters. The van der Waals surface area contributed by atoms with Gasteiger partial charge in [-0.05, 0) is 29.2 Å². The predicted molar refractivity (Wildman–Crippen MR) is 89.2 cm³/mol. The van der Waals surface area contributed by atoms with E-state index in [9.17, 15) is 9.59 Å². The molecule has 0 aromatic heterocycles. The van der Waals surface area contributed by atoms with Crippen molar-refractivity contribution in [2.45, 2.75) is 19.4 Å². The number of hydrogen-bond donors (Lipinski definition) is 3. The Morgan fingerprint density at radius 3 is 2.70 bits per heavy atom. The average Bonchev–Trinajstić information content (AvgIpc) is 2.93. The van der Waals surface area contributed by atoms with Crippen LogP contribution in [0.3, 0.4) is 0 Å². The number of fused-ring (bicyclic) bond motifs is 1. The normalized spacial score (nSPS) is 12.4. The highest BCUT2D eigenvalue weighted by Crippen LogP contribution is 2.23. The van der Waals surface area contributed by atoms with Gasteiger partial charge in [0.25, 0.3) is 0 Å². The molecule has 0 saturated heterocycles. The Morgan fingerprint density at radius 1 is 1.04 bits per heavy atom. The van der Waals surface area contributed by atoms with Crippen molar-refractivity contribution in [3.63, 3.8) is 0 Å². The molecule has 0 spiro atoms. The van der Waals surface area contributed by atoms with Crippen molar-refractivity contribution in [1.29, 1.82) is 0 Å². The maximum atomic E-state index is 11.8. The highest BCUT2D eigenvalue weighted by molar-refractivity contribution is 5.99. The maximum Gasteiger partial charge on any atom is 0.315 e. The topological polar surface area (TPSA) is 70.2 Å². The van der Waals surface area contributed by atoms with Gasteiger partial charge in [-0.25, -0.2) is 4.79 Å². The van der Waals surface area contributed by atoms with Crippen molar-refractivity contribution in [2.24, 2.45) is 0 Å².